The molecule has 0 atom stereocenters. The molecule has 6 heteroatoms. The first-order valence-corrected chi connectivity index (χ1v) is 9.18. The first-order valence-electron chi connectivity index (χ1n) is 8.74. The van der Waals surface area contributed by atoms with Crippen molar-refractivity contribution in [3.05, 3.63) is 90.0 Å². The van der Waals surface area contributed by atoms with E-state index in [0.29, 0.717) is 17.5 Å². The molecule has 0 fully saturated rings. The minimum atomic E-state index is 0.489. The number of benzene rings is 3. The largest absolute Gasteiger partial charge is 0.399 e. The number of para-hydroxylation sites is 1. The summed E-state index contributed by atoms with van der Waals surface area (Å²) in [4.78, 5) is 21.4. The van der Waals surface area contributed by atoms with E-state index >= 15 is 0 Å². The van der Waals surface area contributed by atoms with Gasteiger partial charge in [0.15, 0.2) is 0 Å². The Morgan fingerprint density at radius 2 is 1.55 bits per heavy atom. The second-order valence-electron chi connectivity index (χ2n) is 5.71. The standard InChI is InChI=1S/C10H9NO2.C7H9NS.C6H7N/c11-10-6-8(7-13)3-4-9(10)2-1-5-12;1-8-6-2-4-7(9)5-3-6;7-6-4-2-1-3-5-6/h1-7H,11H2;2-5,8-9H,1H3;1-5H,7H2/b2-1+;;. The van der Waals surface area contributed by atoms with Crippen molar-refractivity contribution < 1.29 is 9.59 Å². The van der Waals surface area contributed by atoms with Gasteiger partial charge < -0.3 is 16.8 Å². The zero-order chi connectivity index (χ0) is 21.5. The molecule has 0 aliphatic heterocycles. The summed E-state index contributed by atoms with van der Waals surface area (Å²) in [5.74, 6) is 0. The molecule has 0 heterocycles. The highest BCUT2D eigenvalue weighted by Crippen LogP contribution is 2.14. The molecule has 0 radical (unpaired) electrons. The van der Waals surface area contributed by atoms with Crippen molar-refractivity contribution in [2.75, 3.05) is 23.8 Å². The van der Waals surface area contributed by atoms with Crippen molar-refractivity contribution in [2.45, 2.75) is 4.90 Å². The van der Waals surface area contributed by atoms with Crippen LogP contribution in [0.25, 0.3) is 6.08 Å². The van der Waals surface area contributed by atoms with Crippen LogP contribution in [0.2, 0.25) is 0 Å². The van der Waals surface area contributed by atoms with Crippen LogP contribution in [0.15, 0.2) is 83.8 Å². The predicted molar refractivity (Wildman–Crippen MR) is 125 cm³/mol. The number of allylic oxidation sites excluding steroid dienone is 1. The summed E-state index contributed by atoms with van der Waals surface area (Å²) < 4.78 is 0. The normalized spacial score (nSPS) is 9.45. The molecule has 5 nitrogen and oxygen atoms in total. The number of nitrogen functional groups attached to an aromatic ring is 2. The van der Waals surface area contributed by atoms with Crippen LogP contribution >= 0.6 is 12.6 Å². The lowest BCUT2D eigenvalue weighted by Crippen LogP contribution is -1.91. The number of thiol groups is 1. The molecular weight excluding hydrogens is 382 g/mol. The highest BCUT2D eigenvalue weighted by atomic mass is 32.1. The molecule has 3 rings (SSSR count). The van der Waals surface area contributed by atoms with Gasteiger partial charge in [-0.3, -0.25) is 9.59 Å². The minimum absolute atomic E-state index is 0.489. The van der Waals surface area contributed by atoms with E-state index in [2.05, 4.69) is 17.9 Å². The van der Waals surface area contributed by atoms with E-state index in [9.17, 15) is 9.59 Å². The van der Waals surface area contributed by atoms with E-state index in [1.54, 1.807) is 24.3 Å². The summed E-state index contributed by atoms with van der Waals surface area (Å²) in [6.07, 6.45) is 4.35. The molecular formula is C23H25N3O2S. The number of hydrogen-bond donors (Lipinski definition) is 4. The molecule has 5 N–H and O–H groups in total. The maximum atomic E-state index is 10.4. The number of carbonyl (C=O) groups excluding carboxylic acids is 2. The van der Waals surface area contributed by atoms with Gasteiger partial charge in [-0.15, -0.1) is 12.6 Å². The van der Waals surface area contributed by atoms with E-state index in [1.807, 2.05) is 61.6 Å². The van der Waals surface area contributed by atoms with Crippen molar-refractivity contribution in [2.24, 2.45) is 0 Å². The highest BCUT2D eigenvalue weighted by Gasteiger charge is 1.96. The monoisotopic (exact) mass is 407 g/mol. The average Bonchev–Trinajstić information content (AvgIpc) is 2.75. The zero-order valence-electron chi connectivity index (χ0n) is 16.2. The number of aldehydes is 2. The van der Waals surface area contributed by atoms with Crippen LogP contribution in [0.3, 0.4) is 0 Å². The number of anilines is 3. The van der Waals surface area contributed by atoms with Crippen LogP contribution in [0.1, 0.15) is 15.9 Å². The lowest BCUT2D eigenvalue weighted by atomic mass is 10.1. The fourth-order valence-corrected chi connectivity index (χ4v) is 2.19. The molecule has 3 aromatic carbocycles. The van der Waals surface area contributed by atoms with E-state index in [1.165, 1.54) is 6.08 Å². The Morgan fingerprint density at radius 3 is 2.00 bits per heavy atom. The molecule has 0 amide bonds. The molecule has 0 bridgehead atoms. The van der Waals surface area contributed by atoms with Gasteiger partial charge in [0.25, 0.3) is 0 Å². The maximum Gasteiger partial charge on any atom is 0.150 e. The van der Waals surface area contributed by atoms with E-state index in [4.69, 9.17) is 11.5 Å². The average molecular weight is 408 g/mol. The molecule has 3 aromatic rings. The van der Waals surface area contributed by atoms with Crippen LogP contribution < -0.4 is 16.8 Å². The number of carbonyl (C=O) groups is 2. The van der Waals surface area contributed by atoms with Crippen molar-refractivity contribution in [1.29, 1.82) is 0 Å². The summed E-state index contributed by atoms with van der Waals surface area (Å²) >= 11 is 4.14. The Balaban J connectivity index is 0.000000229. The first kappa shape index (κ1) is 23.5. The molecule has 150 valence electrons. The SMILES string of the molecule is CNc1ccc(S)cc1.Nc1cc(C=O)ccc1/C=C/C=O.Nc1ccccc1. The number of hydrogen-bond acceptors (Lipinski definition) is 6. The van der Waals surface area contributed by atoms with Gasteiger partial charge >= 0.3 is 0 Å². The fourth-order valence-electron chi connectivity index (χ4n) is 2.04. The van der Waals surface area contributed by atoms with Crippen LogP contribution in [0, 0.1) is 0 Å². The number of nitrogens with one attached hydrogen (secondary N) is 1. The minimum Gasteiger partial charge on any atom is -0.399 e. The Bertz CT molecular complexity index is 911. The Hall–Kier alpha value is -3.51. The van der Waals surface area contributed by atoms with Crippen molar-refractivity contribution in [1.82, 2.24) is 0 Å². The van der Waals surface area contributed by atoms with Gasteiger partial charge in [-0.1, -0.05) is 30.3 Å². The summed E-state index contributed by atoms with van der Waals surface area (Å²) in [5.41, 5.74) is 14.7. The molecule has 29 heavy (non-hydrogen) atoms. The molecule has 0 aliphatic carbocycles. The van der Waals surface area contributed by atoms with Gasteiger partial charge in [0.1, 0.15) is 12.6 Å². The third kappa shape index (κ3) is 9.83. The molecule has 0 spiro atoms. The molecule has 0 saturated carbocycles. The predicted octanol–water partition coefficient (Wildman–Crippen LogP) is 4.58. The van der Waals surface area contributed by atoms with E-state index in [0.717, 1.165) is 28.1 Å². The summed E-state index contributed by atoms with van der Waals surface area (Å²) in [5, 5.41) is 3.02. The van der Waals surface area contributed by atoms with Crippen molar-refractivity contribution in [3.63, 3.8) is 0 Å². The smallest absolute Gasteiger partial charge is 0.150 e. The lowest BCUT2D eigenvalue weighted by Gasteiger charge is -1.99. The van der Waals surface area contributed by atoms with Gasteiger partial charge in [-0.05, 0) is 60.2 Å². The van der Waals surface area contributed by atoms with Crippen molar-refractivity contribution in [3.8, 4) is 0 Å². The molecule has 0 saturated heterocycles. The van der Waals surface area contributed by atoms with Crippen LogP contribution in [0.4, 0.5) is 17.1 Å². The summed E-state index contributed by atoms with van der Waals surface area (Å²) in [6, 6.07) is 22.3. The first-order chi connectivity index (χ1) is 14.0. The second-order valence-corrected chi connectivity index (χ2v) is 6.23. The zero-order valence-corrected chi connectivity index (χ0v) is 17.1. The van der Waals surface area contributed by atoms with Gasteiger partial charge in [-0.25, -0.2) is 0 Å². The fraction of sp³-hybridized carbons (Fsp3) is 0.0435. The third-order valence-electron chi connectivity index (χ3n) is 3.56. The number of rotatable bonds is 4. The maximum absolute atomic E-state index is 10.4. The Morgan fingerprint density at radius 1 is 0.897 bits per heavy atom. The molecule has 0 aliphatic rings. The van der Waals surface area contributed by atoms with Gasteiger partial charge in [-0.2, -0.15) is 0 Å². The second kappa shape index (κ2) is 13.6. The van der Waals surface area contributed by atoms with Gasteiger partial charge in [0, 0.05) is 34.6 Å². The van der Waals surface area contributed by atoms with Gasteiger partial charge in [0.2, 0.25) is 0 Å². The lowest BCUT2D eigenvalue weighted by molar-refractivity contribution is -0.104. The quantitative estimate of drug-likeness (QED) is 0.220. The van der Waals surface area contributed by atoms with Gasteiger partial charge in [0.05, 0.1) is 0 Å². The Labute approximate surface area is 176 Å². The topological polar surface area (TPSA) is 98.2 Å². The van der Waals surface area contributed by atoms with Crippen molar-refractivity contribution >= 4 is 48.3 Å². The third-order valence-corrected chi connectivity index (χ3v) is 3.85. The van der Waals surface area contributed by atoms with Crippen LogP contribution in [-0.2, 0) is 4.79 Å². The van der Waals surface area contributed by atoms with Crippen LogP contribution in [0.5, 0.6) is 0 Å². The summed E-state index contributed by atoms with van der Waals surface area (Å²) in [6.45, 7) is 0. The molecule has 0 aromatic heterocycles. The summed E-state index contributed by atoms with van der Waals surface area (Å²) in [7, 11) is 1.90. The van der Waals surface area contributed by atoms with E-state index < -0.39 is 0 Å². The highest BCUT2D eigenvalue weighted by molar-refractivity contribution is 7.80. The molecule has 0 unspecified atom stereocenters. The number of nitrogens with two attached hydrogens (primary N) is 2. The van der Waals surface area contributed by atoms with E-state index in [-0.39, 0.29) is 0 Å². The Kier molecular flexibility index (Phi) is 11.1. The van der Waals surface area contributed by atoms with Crippen LogP contribution in [-0.4, -0.2) is 19.6 Å².